The number of nitrogens with zero attached hydrogens (tertiary/aromatic N) is 2. The van der Waals surface area contributed by atoms with Crippen LogP contribution in [0, 0.1) is 0 Å². The number of aromatic nitrogens is 2. The summed E-state index contributed by atoms with van der Waals surface area (Å²) in [5, 5.41) is 2.78. The van der Waals surface area contributed by atoms with E-state index < -0.39 is 0 Å². The molecule has 25 heavy (non-hydrogen) atoms. The molecular weight excluding hydrogens is 318 g/mol. The van der Waals surface area contributed by atoms with Gasteiger partial charge in [0, 0.05) is 11.8 Å². The van der Waals surface area contributed by atoms with Crippen LogP contribution in [0.5, 0.6) is 17.4 Å². The summed E-state index contributed by atoms with van der Waals surface area (Å²) in [6.07, 6.45) is 1.30. The number of anilines is 1. The summed E-state index contributed by atoms with van der Waals surface area (Å²) >= 11 is 0. The van der Waals surface area contributed by atoms with Crippen molar-refractivity contribution in [2.24, 2.45) is 0 Å². The van der Waals surface area contributed by atoms with Gasteiger partial charge in [-0.2, -0.15) is 0 Å². The molecule has 3 aromatic rings. The maximum absolute atomic E-state index is 12.3. The molecule has 0 unspecified atom stereocenters. The lowest BCUT2D eigenvalue weighted by Crippen LogP contribution is -2.14. The lowest BCUT2D eigenvalue weighted by molar-refractivity contribution is 0.102. The van der Waals surface area contributed by atoms with Crippen molar-refractivity contribution in [3.05, 3.63) is 72.7 Å². The summed E-state index contributed by atoms with van der Waals surface area (Å²) in [7, 11) is 0. The fourth-order valence-corrected chi connectivity index (χ4v) is 2.12. The van der Waals surface area contributed by atoms with E-state index in [-0.39, 0.29) is 11.6 Å². The van der Waals surface area contributed by atoms with Crippen LogP contribution in [-0.4, -0.2) is 22.5 Å². The first-order valence-electron chi connectivity index (χ1n) is 7.84. The van der Waals surface area contributed by atoms with E-state index in [4.69, 9.17) is 9.47 Å². The predicted octanol–water partition coefficient (Wildman–Crippen LogP) is 3.92. The van der Waals surface area contributed by atoms with E-state index in [9.17, 15) is 4.79 Å². The van der Waals surface area contributed by atoms with Gasteiger partial charge < -0.3 is 14.8 Å². The SMILES string of the molecule is CCOc1cc(C(=O)Nc2ccc(Oc3ccccc3)cc2)ncn1. The van der Waals surface area contributed by atoms with Gasteiger partial charge in [0.1, 0.15) is 23.5 Å². The van der Waals surface area contributed by atoms with Crippen molar-refractivity contribution in [3.63, 3.8) is 0 Å². The fraction of sp³-hybridized carbons (Fsp3) is 0.105. The van der Waals surface area contributed by atoms with Crippen LogP contribution in [0.1, 0.15) is 17.4 Å². The van der Waals surface area contributed by atoms with Crippen LogP contribution in [0.4, 0.5) is 5.69 Å². The van der Waals surface area contributed by atoms with E-state index in [1.54, 1.807) is 24.3 Å². The van der Waals surface area contributed by atoms with E-state index >= 15 is 0 Å². The molecule has 0 aliphatic heterocycles. The third-order valence-corrected chi connectivity index (χ3v) is 3.26. The number of ether oxygens (including phenoxy) is 2. The molecule has 0 bridgehead atoms. The zero-order valence-corrected chi connectivity index (χ0v) is 13.7. The zero-order chi connectivity index (χ0) is 17.5. The molecule has 0 fully saturated rings. The molecule has 0 radical (unpaired) electrons. The molecule has 0 saturated heterocycles. The first kappa shape index (κ1) is 16.4. The van der Waals surface area contributed by atoms with Crippen LogP contribution in [0.3, 0.4) is 0 Å². The average molecular weight is 335 g/mol. The maximum Gasteiger partial charge on any atom is 0.274 e. The minimum atomic E-state index is -0.333. The molecule has 6 nitrogen and oxygen atoms in total. The van der Waals surface area contributed by atoms with Gasteiger partial charge in [0.15, 0.2) is 0 Å². The fourth-order valence-electron chi connectivity index (χ4n) is 2.12. The number of rotatable bonds is 6. The van der Waals surface area contributed by atoms with Gasteiger partial charge in [-0.15, -0.1) is 0 Å². The van der Waals surface area contributed by atoms with Gasteiger partial charge in [-0.25, -0.2) is 9.97 Å². The van der Waals surface area contributed by atoms with Crippen molar-refractivity contribution >= 4 is 11.6 Å². The van der Waals surface area contributed by atoms with Gasteiger partial charge in [-0.3, -0.25) is 4.79 Å². The molecule has 1 amide bonds. The monoisotopic (exact) mass is 335 g/mol. The molecular formula is C19H17N3O3. The number of carbonyl (C=O) groups excluding carboxylic acids is 1. The largest absolute Gasteiger partial charge is 0.478 e. The van der Waals surface area contributed by atoms with Crippen molar-refractivity contribution in [3.8, 4) is 17.4 Å². The Morgan fingerprint density at radius 1 is 1.00 bits per heavy atom. The minimum absolute atomic E-state index is 0.239. The van der Waals surface area contributed by atoms with Gasteiger partial charge in [-0.05, 0) is 43.3 Å². The Morgan fingerprint density at radius 2 is 1.72 bits per heavy atom. The molecule has 0 atom stereocenters. The standard InChI is InChI=1S/C19H17N3O3/c1-2-24-18-12-17(20-13-21-18)19(23)22-14-8-10-16(11-9-14)25-15-6-4-3-5-7-15/h3-13H,2H2,1H3,(H,22,23). The Hall–Kier alpha value is -3.41. The molecule has 0 spiro atoms. The summed E-state index contributed by atoms with van der Waals surface area (Å²) in [5.41, 5.74) is 0.880. The van der Waals surface area contributed by atoms with Gasteiger partial charge in [0.05, 0.1) is 6.61 Å². The van der Waals surface area contributed by atoms with Crippen molar-refractivity contribution in [2.45, 2.75) is 6.92 Å². The molecule has 0 aliphatic carbocycles. The molecule has 2 aromatic carbocycles. The Morgan fingerprint density at radius 3 is 2.44 bits per heavy atom. The number of benzene rings is 2. The van der Waals surface area contributed by atoms with Crippen molar-refractivity contribution < 1.29 is 14.3 Å². The van der Waals surface area contributed by atoms with Gasteiger partial charge in [0.25, 0.3) is 5.91 Å². The van der Waals surface area contributed by atoms with Gasteiger partial charge >= 0.3 is 0 Å². The van der Waals surface area contributed by atoms with Gasteiger partial charge in [0.2, 0.25) is 5.88 Å². The smallest absolute Gasteiger partial charge is 0.274 e. The number of amides is 1. The van der Waals surface area contributed by atoms with Crippen molar-refractivity contribution in [1.82, 2.24) is 9.97 Å². The Kier molecular flexibility index (Phi) is 5.21. The lowest BCUT2D eigenvalue weighted by atomic mass is 10.3. The second kappa shape index (κ2) is 7.92. The molecule has 0 saturated carbocycles. The van der Waals surface area contributed by atoms with Crippen LogP contribution in [0.25, 0.3) is 0 Å². The van der Waals surface area contributed by atoms with E-state index in [1.807, 2.05) is 37.3 Å². The van der Waals surface area contributed by atoms with E-state index in [0.29, 0.717) is 23.9 Å². The van der Waals surface area contributed by atoms with Crippen molar-refractivity contribution in [2.75, 3.05) is 11.9 Å². The highest BCUT2D eigenvalue weighted by molar-refractivity contribution is 6.02. The number of hydrogen-bond donors (Lipinski definition) is 1. The summed E-state index contributed by atoms with van der Waals surface area (Å²) in [6.45, 7) is 2.32. The molecule has 1 heterocycles. The first-order valence-corrected chi connectivity index (χ1v) is 7.84. The molecule has 0 aliphatic rings. The molecule has 3 rings (SSSR count). The van der Waals surface area contributed by atoms with Crippen LogP contribution in [-0.2, 0) is 0 Å². The minimum Gasteiger partial charge on any atom is -0.478 e. The number of para-hydroxylation sites is 1. The third kappa shape index (κ3) is 4.54. The molecule has 6 heteroatoms. The predicted molar refractivity (Wildman–Crippen MR) is 94.1 cm³/mol. The van der Waals surface area contributed by atoms with E-state index in [2.05, 4.69) is 15.3 Å². The zero-order valence-electron chi connectivity index (χ0n) is 13.7. The second-order valence-corrected chi connectivity index (χ2v) is 5.07. The quantitative estimate of drug-likeness (QED) is 0.739. The number of carbonyl (C=O) groups is 1. The Labute approximate surface area is 145 Å². The maximum atomic E-state index is 12.3. The average Bonchev–Trinajstić information content (AvgIpc) is 2.65. The summed E-state index contributed by atoms with van der Waals surface area (Å²) < 4.78 is 11.0. The first-order chi connectivity index (χ1) is 12.2. The topological polar surface area (TPSA) is 73.3 Å². The Balaban J connectivity index is 1.65. The molecule has 1 aromatic heterocycles. The van der Waals surface area contributed by atoms with Crippen LogP contribution < -0.4 is 14.8 Å². The van der Waals surface area contributed by atoms with Gasteiger partial charge in [-0.1, -0.05) is 18.2 Å². The highest BCUT2D eigenvalue weighted by atomic mass is 16.5. The summed E-state index contributed by atoms with van der Waals surface area (Å²) in [6, 6.07) is 18.1. The highest BCUT2D eigenvalue weighted by Gasteiger charge is 2.10. The lowest BCUT2D eigenvalue weighted by Gasteiger charge is -2.08. The van der Waals surface area contributed by atoms with Crippen LogP contribution in [0.2, 0.25) is 0 Å². The van der Waals surface area contributed by atoms with Crippen LogP contribution >= 0.6 is 0 Å². The summed E-state index contributed by atoms with van der Waals surface area (Å²) in [4.78, 5) is 20.2. The molecule has 126 valence electrons. The van der Waals surface area contributed by atoms with Crippen LogP contribution in [0.15, 0.2) is 67.0 Å². The summed E-state index contributed by atoms with van der Waals surface area (Å²) in [5.74, 6) is 1.47. The third-order valence-electron chi connectivity index (χ3n) is 3.26. The van der Waals surface area contributed by atoms with E-state index in [1.165, 1.54) is 12.4 Å². The number of hydrogen-bond acceptors (Lipinski definition) is 5. The number of nitrogens with one attached hydrogen (secondary N) is 1. The second-order valence-electron chi connectivity index (χ2n) is 5.07. The van der Waals surface area contributed by atoms with E-state index in [0.717, 1.165) is 5.75 Å². The Bertz CT molecular complexity index is 836. The normalized spacial score (nSPS) is 10.1. The molecule has 1 N–H and O–H groups in total. The highest BCUT2D eigenvalue weighted by Crippen LogP contribution is 2.22. The van der Waals surface area contributed by atoms with Crippen molar-refractivity contribution in [1.29, 1.82) is 0 Å².